The van der Waals surface area contributed by atoms with Crippen LogP contribution in [0.2, 0.25) is 0 Å². The minimum atomic E-state index is -4.19. The van der Waals surface area contributed by atoms with Gasteiger partial charge in [-0.15, -0.1) is 0 Å². The molecule has 0 bridgehead atoms. The number of aryl methyl sites for hydroxylation is 2. The van der Waals surface area contributed by atoms with E-state index in [1.807, 2.05) is 71.0 Å². The lowest BCUT2D eigenvalue weighted by Gasteiger charge is -2.35. The Balaban J connectivity index is 1.82. The molecule has 0 spiro atoms. The van der Waals surface area contributed by atoms with Gasteiger partial charge in [-0.1, -0.05) is 66.7 Å². The quantitative estimate of drug-likeness (QED) is 0.214. The Morgan fingerprint density at radius 2 is 1.40 bits per heavy atom. The van der Waals surface area contributed by atoms with E-state index in [-0.39, 0.29) is 23.8 Å². The summed E-state index contributed by atoms with van der Waals surface area (Å²) in [5.41, 5.74) is 2.99. The summed E-state index contributed by atoms with van der Waals surface area (Å²) in [6, 6.07) is 27.2. The van der Waals surface area contributed by atoms with E-state index in [2.05, 4.69) is 5.32 Å². The molecule has 1 N–H and O–H groups in total. The van der Waals surface area contributed by atoms with Crippen LogP contribution in [0.3, 0.4) is 0 Å². The summed E-state index contributed by atoms with van der Waals surface area (Å²) in [5.74, 6) is -1.40. The van der Waals surface area contributed by atoms with Crippen molar-refractivity contribution in [3.63, 3.8) is 0 Å². The lowest BCUT2D eigenvalue weighted by atomic mass is 10.0. The molecular formula is C36H40FN3O4S. The molecule has 2 amide bonds. The number of nitrogens with zero attached hydrogens (tertiary/aromatic N) is 2. The topological polar surface area (TPSA) is 86.8 Å². The summed E-state index contributed by atoms with van der Waals surface area (Å²) < 4.78 is 43.1. The molecule has 0 saturated heterocycles. The van der Waals surface area contributed by atoms with Crippen molar-refractivity contribution < 1.29 is 22.4 Å². The normalized spacial score (nSPS) is 12.3. The summed E-state index contributed by atoms with van der Waals surface area (Å²) in [4.78, 5) is 29.8. The van der Waals surface area contributed by atoms with Gasteiger partial charge < -0.3 is 10.2 Å². The molecule has 236 valence electrons. The molecule has 4 rings (SSSR count). The number of sulfonamides is 1. The maximum Gasteiger partial charge on any atom is 0.264 e. The third-order valence-corrected chi connectivity index (χ3v) is 9.21. The molecule has 0 aliphatic rings. The Kier molecular flexibility index (Phi) is 10.4. The fourth-order valence-corrected chi connectivity index (χ4v) is 6.35. The number of benzene rings is 4. The van der Waals surface area contributed by atoms with Gasteiger partial charge in [-0.05, 0) is 93.3 Å². The molecule has 7 nitrogen and oxygen atoms in total. The minimum Gasteiger partial charge on any atom is -0.350 e. The molecule has 4 aromatic carbocycles. The van der Waals surface area contributed by atoms with Crippen LogP contribution in [-0.4, -0.2) is 43.3 Å². The Labute approximate surface area is 265 Å². The van der Waals surface area contributed by atoms with Gasteiger partial charge in [-0.25, -0.2) is 12.8 Å². The van der Waals surface area contributed by atoms with Gasteiger partial charge in [-0.2, -0.15) is 0 Å². The Morgan fingerprint density at radius 1 is 0.800 bits per heavy atom. The van der Waals surface area contributed by atoms with Crippen molar-refractivity contribution in [2.24, 2.45) is 0 Å². The summed E-state index contributed by atoms with van der Waals surface area (Å²) >= 11 is 0. The van der Waals surface area contributed by atoms with Gasteiger partial charge in [0.1, 0.15) is 18.4 Å². The zero-order chi connectivity index (χ0) is 32.8. The molecule has 0 aliphatic heterocycles. The van der Waals surface area contributed by atoms with Gasteiger partial charge in [0.2, 0.25) is 11.8 Å². The number of carbonyl (C=O) groups excluding carboxylic acids is 2. The highest BCUT2D eigenvalue weighted by Gasteiger charge is 2.35. The molecular weight excluding hydrogens is 589 g/mol. The molecule has 9 heteroatoms. The van der Waals surface area contributed by atoms with Crippen LogP contribution < -0.4 is 9.62 Å². The molecule has 0 saturated carbocycles. The highest BCUT2D eigenvalue weighted by molar-refractivity contribution is 7.92. The first-order valence-electron chi connectivity index (χ1n) is 14.8. The lowest BCUT2D eigenvalue weighted by Crippen LogP contribution is -2.56. The third kappa shape index (κ3) is 8.79. The highest BCUT2D eigenvalue weighted by Crippen LogP contribution is 2.27. The van der Waals surface area contributed by atoms with E-state index in [0.717, 1.165) is 21.0 Å². The zero-order valence-electron chi connectivity index (χ0n) is 26.3. The average molecular weight is 630 g/mol. The first kappa shape index (κ1) is 33.4. The Bertz CT molecular complexity index is 1720. The predicted molar refractivity (Wildman–Crippen MR) is 176 cm³/mol. The minimum absolute atomic E-state index is 0.0347. The first-order chi connectivity index (χ1) is 21.2. The van der Waals surface area contributed by atoms with Crippen molar-refractivity contribution >= 4 is 27.5 Å². The van der Waals surface area contributed by atoms with Gasteiger partial charge >= 0.3 is 0 Å². The summed E-state index contributed by atoms with van der Waals surface area (Å²) in [5, 5.41) is 3.00. The van der Waals surface area contributed by atoms with Gasteiger partial charge in [0, 0.05) is 18.5 Å². The molecule has 0 heterocycles. The van der Waals surface area contributed by atoms with E-state index in [4.69, 9.17) is 0 Å². The first-order valence-corrected chi connectivity index (χ1v) is 16.2. The number of halogens is 1. The van der Waals surface area contributed by atoms with Crippen LogP contribution in [0.25, 0.3) is 0 Å². The van der Waals surface area contributed by atoms with E-state index >= 15 is 0 Å². The molecule has 0 aliphatic carbocycles. The molecule has 0 unspecified atom stereocenters. The number of hydrogen-bond donors (Lipinski definition) is 1. The largest absolute Gasteiger partial charge is 0.350 e. The fraction of sp³-hybridized carbons (Fsp3) is 0.278. The number of nitrogens with one attached hydrogen (secondary N) is 1. The van der Waals surface area contributed by atoms with Crippen LogP contribution in [0.5, 0.6) is 0 Å². The Morgan fingerprint density at radius 3 is 1.98 bits per heavy atom. The fourth-order valence-electron chi connectivity index (χ4n) is 4.92. The van der Waals surface area contributed by atoms with Crippen LogP contribution in [0.1, 0.15) is 43.0 Å². The van der Waals surface area contributed by atoms with E-state index in [9.17, 15) is 22.4 Å². The second-order valence-electron chi connectivity index (χ2n) is 12.2. The average Bonchev–Trinajstić information content (AvgIpc) is 3.00. The van der Waals surface area contributed by atoms with Crippen molar-refractivity contribution in [1.29, 1.82) is 0 Å². The van der Waals surface area contributed by atoms with Crippen LogP contribution in [0.4, 0.5) is 10.1 Å². The maximum atomic E-state index is 14.5. The smallest absolute Gasteiger partial charge is 0.264 e. The molecule has 0 radical (unpaired) electrons. The summed E-state index contributed by atoms with van der Waals surface area (Å²) in [7, 11) is -4.19. The Hall–Kier alpha value is -4.50. The SMILES string of the molecule is Cc1ccc(N(CC(=O)N(Cc2ccc(F)cc2)[C@H](Cc2ccccc2)C(=O)NC(C)(C)C)S(=O)(=O)c2ccccc2)cc1C. The van der Waals surface area contributed by atoms with Gasteiger partial charge in [0.25, 0.3) is 10.0 Å². The second kappa shape index (κ2) is 14.1. The van der Waals surface area contributed by atoms with Crippen molar-refractivity contribution in [3.8, 4) is 0 Å². The number of amides is 2. The molecule has 0 fully saturated rings. The number of carbonyl (C=O) groups is 2. The van der Waals surface area contributed by atoms with Gasteiger partial charge in [0.05, 0.1) is 10.6 Å². The maximum absolute atomic E-state index is 14.5. The standard InChI is InChI=1S/C36H40FN3O4S/c1-26-16-21-31(22-27(26)2)40(45(43,44)32-14-10-7-11-15-32)25-34(41)39(24-29-17-19-30(37)20-18-29)33(35(42)38-36(3,4)5)23-28-12-8-6-9-13-28/h6-22,33H,23-25H2,1-5H3,(H,38,42)/t33-/m1/s1. The van der Waals surface area contributed by atoms with Crippen molar-refractivity contribution in [2.75, 3.05) is 10.8 Å². The van der Waals surface area contributed by atoms with Crippen molar-refractivity contribution in [2.45, 2.75) is 64.1 Å². The summed E-state index contributed by atoms with van der Waals surface area (Å²) in [6.45, 7) is 8.75. The van der Waals surface area contributed by atoms with Gasteiger partial charge in [0.15, 0.2) is 0 Å². The highest BCUT2D eigenvalue weighted by atomic mass is 32.2. The molecule has 4 aromatic rings. The van der Waals surface area contributed by atoms with Crippen LogP contribution in [0.15, 0.2) is 108 Å². The van der Waals surface area contributed by atoms with Crippen LogP contribution in [-0.2, 0) is 32.6 Å². The van der Waals surface area contributed by atoms with E-state index in [1.54, 1.807) is 42.5 Å². The van der Waals surface area contributed by atoms with Crippen LogP contribution >= 0.6 is 0 Å². The number of hydrogen-bond acceptors (Lipinski definition) is 4. The summed E-state index contributed by atoms with van der Waals surface area (Å²) in [6.07, 6.45) is 0.185. The molecule has 0 aromatic heterocycles. The van der Waals surface area contributed by atoms with E-state index in [0.29, 0.717) is 11.3 Å². The van der Waals surface area contributed by atoms with E-state index < -0.39 is 39.9 Å². The molecule has 1 atom stereocenters. The van der Waals surface area contributed by atoms with E-state index in [1.165, 1.54) is 29.2 Å². The monoisotopic (exact) mass is 629 g/mol. The zero-order valence-corrected chi connectivity index (χ0v) is 27.1. The van der Waals surface area contributed by atoms with Gasteiger partial charge in [-0.3, -0.25) is 13.9 Å². The van der Waals surface area contributed by atoms with Crippen LogP contribution in [0, 0.1) is 19.7 Å². The van der Waals surface area contributed by atoms with Crippen molar-refractivity contribution in [3.05, 3.63) is 131 Å². The second-order valence-corrected chi connectivity index (χ2v) is 14.0. The molecule has 45 heavy (non-hydrogen) atoms. The van der Waals surface area contributed by atoms with Crippen molar-refractivity contribution in [1.82, 2.24) is 10.2 Å². The lowest BCUT2D eigenvalue weighted by molar-refractivity contribution is -0.140. The number of rotatable bonds is 11. The third-order valence-electron chi connectivity index (χ3n) is 7.42. The number of anilines is 1. The predicted octanol–water partition coefficient (Wildman–Crippen LogP) is 6.19.